The number of hydrogen-bond acceptors (Lipinski definition) is 3. The Kier molecular flexibility index (Phi) is 4.82. The maximum absolute atomic E-state index is 11.5. The molecule has 1 aromatic rings. The van der Waals surface area contributed by atoms with Crippen LogP contribution in [0.2, 0.25) is 0 Å². The van der Waals surface area contributed by atoms with Gasteiger partial charge < -0.3 is 14.5 Å². The highest BCUT2D eigenvalue weighted by Crippen LogP contribution is 2.14. The van der Waals surface area contributed by atoms with Gasteiger partial charge in [0, 0.05) is 13.0 Å². The van der Waals surface area contributed by atoms with Crippen LogP contribution in [0.4, 0.5) is 4.79 Å². The fourth-order valence-electron chi connectivity index (χ4n) is 1.57. The van der Waals surface area contributed by atoms with Crippen LogP contribution in [0.3, 0.4) is 0 Å². The molecule has 1 N–H and O–H groups in total. The Morgan fingerprint density at radius 1 is 1.50 bits per heavy atom. The summed E-state index contributed by atoms with van der Waals surface area (Å²) in [6.45, 7) is 10.2. The van der Waals surface area contributed by atoms with E-state index in [0.29, 0.717) is 12.5 Å². The normalized spacial score (nSPS) is 13.2. The second-order valence-electron chi connectivity index (χ2n) is 5.72. The molecule has 0 aromatic carbocycles. The minimum absolute atomic E-state index is 0.308. The van der Waals surface area contributed by atoms with E-state index in [2.05, 4.69) is 12.2 Å². The van der Waals surface area contributed by atoms with Crippen molar-refractivity contribution in [2.45, 2.75) is 46.6 Å². The van der Waals surface area contributed by atoms with Gasteiger partial charge in [0.1, 0.15) is 11.4 Å². The van der Waals surface area contributed by atoms with E-state index >= 15 is 0 Å². The molecule has 18 heavy (non-hydrogen) atoms. The average Bonchev–Trinajstić information content (AvgIpc) is 2.59. The monoisotopic (exact) mass is 253 g/mol. The smallest absolute Gasteiger partial charge is 0.407 e. The number of ether oxygens (including phenoxy) is 1. The van der Waals surface area contributed by atoms with E-state index in [4.69, 9.17) is 9.15 Å². The number of carbonyl (C=O) groups is 1. The zero-order valence-corrected chi connectivity index (χ0v) is 11.9. The van der Waals surface area contributed by atoms with Gasteiger partial charge in [-0.1, -0.05) is 6.92 Å². The van der Waals surface area contributed by atoms with Crippen molar-refractivity contribution in [3.63, 3.8) is 0 Å². The summed E-state index contributed by atoms with van der Waals surface area (Å²) in [6, 6.07) is 1.95. The minimum Gasteiger partial charge on any atom is -0.469 e. The van der Waals surface area contributed by atoms with E-state index in [1.165, 1.54) is 0 Å². The van der Waals surface area contributed by atoms with Gasteiger partial charge in [-0.3, -0.25) is 0 Å². The lowest BCUT2D eigenvalue weighted by molar-refractivity contribution is 0.0520. The zero-order chi connectivity index (χ0) is 13.8. The molecule has 4 nitrogen and oxygen atoms in total. The van der Waals surface area contributed by atoms with Crippen molar-refractivity contribution < 1.29 is 13.9 Å². The van der Waals surface area contributed by atoms with Crippen molar-refractivity contribution in [2.24, 2.45) is 5.92 Å². The molecule has 0 aliphatic carbocycles. The molecule has 1 rings (SSSR count). The van der Waals surface area contributed by atoms with E-state index in [9.17, 15) is 4.79 Å². The number of carbonyl (C=O) groups excluding carboxylic acids is 1. The SMILES string of the molecule is Cc1ccoc1C[C@H](C)CNC(=O)OC(C)(C)C. The Morgan fingerprint density at radius 3 is 2.67 bits per heavy atom. The fourth-order valence-corrected chi connectivity index (χ4v) is 1.57. The third-order valence-corrected chi connectivity index (χ3v) is 2.50. The highest BCUT2D eigenvalue weighted by Gasteiger charge is 2.17. The molecular weight excluding hydrogens is 230 g/mol. The maximum atomic E-state index is 11.5. The first-order valence-electron chi connectivity index (χ1n) is 6.28. The molecule has 0 bridgehead atoms. The topological polar surface area (TPSA) is 51.5 Å². The lowest BCUT2D eigenvalue weighted by atomic mass is 10.0. The maximum Gasteiger partial charge on any atom is 0.407 e. The Labute approximate surface area is 109 Å². The van der Waals surface area contributed by atoms with Crippen LogP contribution in [-0.4, -0.2) is 18.2 Å². The van der Waals surface area contributed by atoms with Gasteiger partial charge in [-0.05, 0) is 45.2 Å². The number of furan rings is 1. The van der Waals surface area contributed by atoms with E-state index < -0.39 is 5.60 Å². The van der Waals surface area contributed by atoms with Crippen LogP contribution in [0.5, 0.6) is 0 Å². The Morgan fingerprint density at radius 2 is 2.17 bits per heavy atom. The van der Waals surface area contributed by atoms with E-state index in [-0.39, 0.29) is 6.09 Å². The molecule has 0 unspecified atom stereocenters. The summed E-state index contributed by atoms with van der Waals surface area (Å²) in [5.74, 6) is 1.29. The first kappa shape index (κ1) is 14.6. The Balaban J connectivity index is 2.31. The summed E-state index contributed by atoms with van der Waals surface area (Å²) < 4.78 is 10.6. The van der Waals surface area contributed by atoms with Crippen LogP contribution in [0.1, 0.15) is 39.0 Å². The summed E-state index contributed by atoms with van der Waals surface area (Å²) in [6.07, 6.45) is 2.14. The van der Waals surface area contributed by atoms with Crippen molar-refractivity contribution >= 4 is 6.09 Å². The summed E-state index contributed by atoms with van der Waals surface area (Å²) >= 11 is 0. The first-order valence-corrected chi connectivity index (χ1v) is 6.28. The van der Waals surface area contributed by atoms with Crippen LogP contribution in [0.15, 0.2) is 16.7 Å². The average molecular weight is 253 g/mol. The minimum atomic E-state index is -0.453. The van der Waals surface area contributed by atoms with Crippen molar-refractivity contribution in [1.29, 1.82) is 0 Å². The van der Waals surface area contributed by atoms with Crippen LogP contribution in [0.25, 0.3) is 0 Å². The van der Waals surface area contributed by atoms with Gasteiger partial charge in [-0.2, -0.15) is 0 Å². The van der Waals surface area contributed by atoms with Crippen LogP contribution in [0, 0.1) is 12.8 Å². The van der Waals surface area contributed by atoms with Crippen LogP contribution < -0.4 is 5.32 Å². The Hall–Kier alpha value is -1.45. The standard InChI is InChI=1S/C14H23NO3/c1-10(8-12-11(2)6-7-17-12)9-15-13(16)18-14(3,4)5/h6-7,10H,8-9H2,1-5H3,(H,15,16)/t10-/m0/s1. The van der Waals surface area contributed by atoms with Crippen molar-refractivity contribution in [1.82, 2.24) is 5.32 Å². The summed E-state index contributed by atoms with van der Waals surface area (Å²) in [5.41, 5.74) is 0.699. The molecule has 0 saturated carbocycles. The first-order chi connectivity index (χ1) is 8.28. The van der Waals surface area contributed by atoms with Gasteiger partial charge in [-0.15, -0.1) is 0 Å². The number of aryl methyl sites for hydroxylation is 1. The second-order valence-corrected chi connectivity index (χ2v) is 5.72. The highest BCUT2D eigenvalue weighted by molar-refractivity contribution is 5.67. The molecule has 1 atom stereocenters. The van der Waals surface area contributed by atoms with Crippen LogP contribution >= 0.6 is 0 Å². The molecular formula is C14H23NO3. The van der Waals surface area contributed by atoms with E-state index in [0.717, 1.165) is 17.7 Å². The van der Waals surface area contributed by atoms with Gasteiger partial charge in [0.05, 0.1) is 6.26 Å². The van der Waals surface area contributed by atoms with E-state index in [1.54, 1.807) is 6.26 Å². The quantitative estimate of drug-likeness (QED) is 0.895. The number of amides is 1. The third kappa shape index (κ3) is 5.25. The van der Waals surface area contributed by atoms with Gasteiger partial charge in [0.25, 0.3) is 0 Å². The number of rotatable bonds is 4. The number of hydrogen-bond donors (Lipinski definition) is 1. The highest BCUT2D eigenvalue weighted by atomic mass is 16.6. The molecule has 1 amide bonds. The molecule has 0 saturated heterocycles. The second kappa shape index (κ2) is 5.94. The molecule has 0 spiro atoms. The van der Waals surface area contributed by atoms with E-state index in [1.807, 2.05) is 33.8 Å². The third-order valence-electron chi connectivity index (χ3n) is 2.50. The zero-order valence-electron chi connectivity index (χ0n) is 11.9. The summed E-state index contributed by atoms with van der Waals surface area (Å²) in [4.78, 5) is 11.5. The molecule has 0 aliphatic heterocycles. The largest absolute Gasteiger partial charge is 0.469 e. The summed E-state index contributed by atoms with van der Waals surface area (Å²) in [5, 5.41) is 2.77. The molecule has 4 heteroatoms. The molecule has 0 aliphatic rings. The number of nitrogens with one attached hydrogen (secondary N) is 1. The molecule has 0 radical (unpaired) electrons. The van der Waals surface area contributed by atoms with Crippen molar-refractivity contribution in [3.05, 3.63) is 23.7 Å². The fraction of sp³-hybridized carbons (Fsp3) is 0.643. The predicted molar refractivity (Wildman–Crippen MR) is 70.5 cm³/mol. The number of alkyl carbamates (subject to hydrolysis) is 1. The molecule has 1 heterocycles. The van der Waals surface area contributed by atoms with Crippen LogP contribution in [-0.2, 0) is 11.2 Å². The van der Waals surface area contributed by atoms with Gasteiger partial charge in [0.15, 0.2) is 0 Å². The van der Waals surface area contributed by atoms with Crippen molar-refractivity contribution in [3.8, 4) is 0 Å². The lowest BCUT2D eigenvalue weighted by Crippen LogP contribution is -2.35. The Bertz CT molecular complexity index is 390. The van der Waals surface area contributed by atoms with Gasteiger partial charge >= 0.3 is 6.09 Å². The lowest BCUT2D eigenvalue weighted by Gasteiger charge is -2.20. The van der Waals surface area contributed by atoms with Crippen molar-refractivity contribution in [2.75, 3.05) is 6.54 Å². The predicted octanol–water partition coefficient (Wildman–Crippen LogP) is 3.29. The van der Waals surface area contributed by atoms with Gasteiger partial charge in [-0.25, -0.2) is 4.79 Å². The van der Waals surface area contributed by atoms with Gasteiger partial charge in [0.2, 0.25) is 0 Å². The molecule has 102 valence electrons. The molecule has 0 fully saturated rings. The molecule has 1 aromatic heterocycles. The summed E-state index contributed by atoms with van der Waals surface area (Å²) in [7, 11) is 0.